The van der Waals surface area contributed by atoms with Gasteiger partial charge in [0, 0.05) is 12.3 Å². The molecule has 2 unspecified atom stereocenters. The molecule has 2 heteroatoms. The van der Waals surface area contributed by atoms with E-state index in [0.29, 0.717) is 17.9 Å². The molecule has 0 bridgehead atoms. The summed E-state index contributed by atoms with van der Waals surface area (Å²) in [5.41, 5.74) is 2.90. The Bertz CT molecular complexity index is 420. The molecule has 0 N–H and O–H groups in total. The van der Waals surface area contributed by atoms with Gasteiger partial charge in [0.05, 0.1) is 0 Å². The average molecular weight is 267 g/mol. The van der Waals surface area contributed by atoms with Crippen LogP contribution in [0.4, 0.5) is 0 Å². The Balaban J connectivity index is 2.03. The molecule has 0 aliphatic carbocycles. The Labute approximate surface area is 115 Å². The highest BCUT2D eigenvalue weighted by Gasteiger charge is 2.31. The topological polar surface area (TPSA) is 9.23 Å². The highest BCUT2D eigenvalue weighted by molar-refractivity contribution is 6.18. The van der Waals surface area contributed by atoms with Gasteiger partial charge in [-0.15, -0.1) is 11.6 Å². The number of alkyl halides is 1. The summed E-state index contributed by atoms with van der Waals surface area (Å²) in [4.78, 5) is 0. The van der Waals surface area contributed by atoms with Crippen LogP contribution in [0.15, 0.2) is 18.2 Å². The number of rotatable bonds is 3. The number of benzene rings is 1. The second-order valence-electron chi connectivity index (χ2n) is 6.51. The fourth-order valence-electron chi connectivity index (χ4n) is 2.55. The van der Waals surface area contributed by atoms with E-state index in [1.54, 1.807) is 0 Å². The van der Waals surface area contributed by atoms with Crippen molar-refractivity contribution in [3.05, 3.63) is 29.3 Å². The van der Waals surface area contributed by atoms with Gasteiger partial charge in [0.15, 0.2) is 0 Å². The normalized spacial score (nSPS) is 20.4. The summed E-state index contributed by atoms with van der Waals surface area (Å²) in [6.45, 7) is 8.90. The molecule has 100 valence electrons. The number of fused-ring (bicyclic) bond motifs is 1. The van der Waals surface area contributed by atoms with Gasteiger partial charge in [-0.3, -0.25) is 0 Å². The van der Waals surface area contributed by atoms with Crippen LogP contribution in [0.25, 0.3) is 0 Å². The standard InChI is InChI=1S/C16H23ClO/c1-11-5-6-15-12(7-11)8-14(18-15)9-13(10-17)16(2,3)4/h5-7,13-14H,8-10H2,1-4H3. The number of aryl methyl sites for hydroxylation is 1. The molecular formula is C16H23ClO. The zero-order valence-electron chi connectivity index (χ0n) is 11.8. The van der Waals surface area contributed by atoms with Crippen molar-refractivity contribution in [3.63, 3.8) is 0 Å². The summed E-state index contributed by atoms with van der Waals surface area (Å²) in [5, 5.41) is 0. The first-order valence-corrected chi connectivity index (χ1v) is 7.25. The van der Waals surface area contributed by atoms with Crippen LogP contribution >= 0.6 is 11.6 Å². The van der Waals surface area contributed by atoms with E-state index < -0.39 is 0 Å². The number of hydrogen-bond donors (Lipinski definition) is 0. The average Bonchev–Trinajstić information content (AvgIpc) is 2.65. The lowest BCUT2D eigenvalue weighted by atomic mass is 9.78. The lowest BCUT2D eigenvalue weighted by Gasteiger charge is -2.30. The van der Waals surface area contributed by atoms with E-state index in [1.807, 2.05) is 0 Å². The SMILES string of the molecule is Cc1ccc2c(c1)CC(CC(CCl)C(C)(C)C)O2. The van der Waals surface area contributed by atoms with E-state index in [-0.39, 0.29) is 5.41 Å². The highest BCUT2D eigenvalue weighted by atomic mass is 35.5. The van der Waals surface area contributed by atoms with E-state index in [1.165, 1.54) is 11.1 Å². The summed E-state index contributed by atoms with van der Waals surface area (Å²) in [5.74, 6) is 2.27. The molecule has 1 nitrogen and oxygen atoms in total. The largest absolute Gasteiger partial charge is 0.490 e. The van der Waals surface area contributed by atoms with Crippen molar-refractivity contribution >= 4 is 11.6 Å². The highest BCUT2D eigenvalue weighted by Crippen LogP contribution is 2.36. The number of hydrogen-bond acceptors (Lipinski definition) is 1. The van der Waals surface area contributed by atoms with Crippen LogP contribution in [0.1, 0.15) is 38.3 Å². The van der Waals surface area contributed by atoms with Crippen molar-refractivity contribution in [2.24, 2.45) is 11.3 Å². The second-order valence-corrected chi connectivity index (χ2v) is 6.82. The van der Waals surface area contributed by atoms with E-state index in [0.717, 1.165) is 18.6 Å². The van der Waals surface area contributed by atoms with Crippen molar-refractivity contribution in [1.29, 1.82) is 0 Å². The summed E-state index contributed by atoms with van der Waals surface area (Å²) in [6, 6.07) is 6.45. The van der Waals surface area contributed by atoms with Gasteiger partial charge in [0.1, 0.15) is 11.9 Å². The third-order valence-electron chi connectivity index (χ3n) is 3.92. The molecule has 0 amide bonds. The van der Waals surface area contributed by atoms with E-state index in [2.05, 4.69) is 45.9 Å². The molecule has 0 fully saturated rings. The van der Waals surface area contributed by atoms with Gasteiger partial charge in [-0.1, -0.05) is 38.5 Å². The van der Waals surface area contributed by atoms with Gasteiger partial charge in [-0.05, 0) is 36.3 Å². The predicted molar refractivity (Wildman–Crippen MR) is 77.6 cm³/mol. The number of ether oxygens (including phenoxy) is 1. The first-order valence-electron chi connectivity index (χ1n) is 6.72. The zero-order chi connectivity index (χ0) is 13.3. The van der Waals surface area contributed by atoms with Crippen molar-refractivity contribution < 1.29 is 4.74 Å². The predicted octanol–water partition coefficient (Wildman–Crippen LogP) is 4.59. The molecular weight excluding hydrogens is 244 g/mol. The third kappa shape index (κ3) is 3.00. The smallest absolute Gasteiger partial charge is 0.123 e. The van der Waals surface area contributed by atoms with E-state index in [4.69, 9.17) is 16.3 Å². The molecule has 1 aromatic rings. The van der Waals surface area contributed by atoms with Crippen LogP contribution in [-0.2, 0) is 6.42 Å². The summed E-state index contributed by atoms with van der Waals surface area (Å²) in [6.07, 6.45) is 2.37. The lowest BCUT2D eigenvalue weighted by molar-refractivity contribution is 0.148. The summed E-state index contributed by atoms with van der Waals surface area (Å²) in [7, 11) is 0. The van der Waals surface area contributed by atoms with Crippen molar-refractivity contribution in [1.82, 2.24) is 0 Å². The second kappa shape index (κ2) is 5.13. The maximum Gasteiger partial charge on any atom is 0.123 e. The molecule has 0 saturated carbocycles. The van der Waals surface area contributed by atoms with Gasteiger partial charge < -0.3 is 4.74 Å². The van der Waals surface area contributed by atoms with Gasteiger partial charge in [-0.2, -0.15) is 0 Å². The summed E-state index contributed by atoms with van der Waals surface area (Å²) < 4.78 is 6.03. The Kier molecular flexibility index (Phi) is 3.91. The lowest BCUT2D eigenvalue weighted by Crippen LogP contribution is -2.28. The molecule has 0 saturated heterocycles. The molecule has 1 heterocycles. The quantitative estimate of drug-likeness (QED) is 0.727. The first kappa shape index (κ1) is 13.7. The minimum atomic E-state index is 0.246. The Hall–Kier alpha value is -0.690. The molecule has 0 aromatic heterocycles. The Morgan fingerprint density at radius 3 is 2.72 bits per heavy atom. The van der Waals surface area contributed by atoms with Gasteiger partial charge >= 0.3 is 0 Å². The summed E-state index contributed by atoms with van der Waals surface area (Å²) >= 11 is 6.11. The molecule has 2 atom stereocenters. The zero-order valence-corrected chi connectivity index (χ0v) is 12.6. The first-order chi connectivity index (χ1) is 8.40. The van der Waals surface area contributed by atoms with Crippen LogP contribution in [-0.4, -0.2) is 12.0 Å². The molecule has 0 radical (unpaired) electrons. The van der Waals surface area contributed by atoms with Crippen molar-refractivity contribution in [2.75, 3.05) is 5.88 Å². The van der Waals surface area contributed by atoms with Crippen LogP contribution in [0.5, 0.6) is 5.75 Å². The van der Waals surface area contributed by atoms with Gasteiger partial charge in [0.25, 0.3) is 0 Å². The monoisotopic (exact) mass is 266 g/mol. The third-order valence-corrected chi connectivity index (χ3v) is 4.29. The van der Waals surface area contributed by atoms with Crippen LogP contribution in [0.3, 0.4) is 0 Å². The Morgan fingerprint density at radius 1 is 1.39 bits per heavy atom. The molecule has 1 aliphatic rings. The van der Waals surface area contributed by atoms with Gasteiger partial charge in [-0.25, -0.2) is 0 Å². The fraction of sp³-hybridized carbons (Fsp3) is 0.625. The van der Waals surface area contributed by atoms with Crippen molar-refractivity contribution in [2.45, 2.75) is 46.6 Å². The minimum Gasteiger partial charge on any atom is -0.490 e. The van der Waals surface area contributed by atoms with E-state index >= 15 is 0 Å². The fourth-order valence-corrected chi connectivity index (χ4v) is 3.13. The molecule has 1 aliphatic heterocycles. The van der Waals surface area contributed by atoms with Crippen LogP contribution in [0.2, 0.25) is 0 Å². The minimum absolute atomic E-state index is 0.246. The van der Waals surface area contributed by atoms with Crippen LogP contribution < -0.4 is 4.74 Å². The maximum absolute atomic E-state index is 6.11. The maximum atomic E-state index is 6.11. The molecule has 18 heavy (non-hydrogen) atoms. The molecule has 2 rings (SSSR count). The number of halogens is 1. The molecule has 0 spiro atoms. The Morgan fingerprint density at radius 2 is 2.11 bits per heavy atom. The van der Waals surface area contributed by atoms with E-state index in [9.17, 15) is 0 Å². The molecule has 1 aromatic carbocycles. The van der Waals surface area contributed by atoms with Crippen molar-refractivity contribution in [3.8, 4) is 5.75 Å². The van der Waals surface area contributed by atoms with Crippen LogP contribution in [0, 0.1) is 18.3 Å². The van der Waals surface area contributed by atoms with Gasteiger partial charge in [0.2, 0.25) is 0 Å².